The predicted molar refractivity (Wildman–Crippen MR) is 138 cm³/mol. The van der Waals surface area contributed by atoms with Gasteiger partial charge in [0.05, 0.1) is 27.3 Å². The number of benzene rings is 2. The van der Waals surface area contributed by atoms with Gasteiger partial charge in [-0.2, -0.15) is 5.01 Å². The number of imide groups is 1. The number of hydrazine groups is 1. The van der Waals surface area contributed by atoms with Gasteiger partial charge in [0.15, 0.2) is 5.78 Å². The number of hydrogen-bond acceptors (Lipinski definition) is 6. The van der Waals surface area contributed by atoms with Crippen molar-refractivity contribution in [1.82, 2.24) is 10.0 Å². The third-order valence-corrected chi connectivity index (χ3v) is 9.48. The molecule has 4 atom stereocenters. The molecule has 1 saturated carbocycles. The van der Waals surface area contributed by atoms with Gasteiger partial charge in [0.25, 0.3) is 23.4 Å². The van der Waals surface area contributed by atoms with Crippen LogP contribution in [0.15, 0.2) is 42.5 Å². The fraction of sp³-hybridized carbons (Fsp3) is 0.304. The van der Waals surface area contributed by atoms with Gasteiger partial charge in [-0.25, -0.2) is 5.01 Å². The minimum atomic E-state index is -0.860. The zero-order chi connectivity index (χ0) is 26.3. The van der Waals surface area contributed by atoms with Gasteiger partial charge in [0.2, 0.25) is 0 Å². The van der Waals surface area contributed by atoms with E-state index in [1.807, 2.05) is 0 Å². The third-order valence-electron chi connectivity index (χ3n) is 6.20. The molecule has 0 radical (unpaired) electrons. The second kappa shape index (κ2) is 10.6. The average molecular weight is 662 g/mol. The molecule has 1 heterocycles. The Morgan fingerprint density at radius 1 is 1.03 bits per heavy atom. The van der Waals surface area contributed by atoms with Gasteiger partial charge in [-0.1, -0.05) is 67.2 Å². The fourth-order valence-electron chi connectivity index (χ4n) is 4.37. The molecule has 1 saturated heterocycles. The maximum Gasteiger partial charge on any atom is 0.274 e. The lowest BCUT2D eigenvalue weighted by molar-refractivity contribution is -0.384. The van der Waals surface area contributed by atoms with Crippen LogP contribution in [0, 0.1) is 22.0 Å². The summed E-state index contributed by atoms with van der Waals surface area (Å²) in [6, 6.07) is 9.05. The lowest BCUT2D eigenvalue weighted by atomic mass is 9.81. The summed E-state index contributed by atoms with van der Waals surface area (Å²) in [5, 5.41) is 12.9. The van der Waals surface area contributed by atoms with Crippen LogP contribution in [0.3, 0.4) is 0 Å². The van der Waals surface area contributed by atoms with E-state index in [1.165, 1.54) is 36.4 Å². The molecule has 1 aliphatic heterocycles. The minimum Gasteiger partial charge on any atom is -0.292 e. The van der Waals surface area contributed by atoms with Crippen LogP contribution in [-0.2, 0) is 9.59 Å². The molecular formula is C23H17Br2Cl2N3O6. The topological polar surface area (TPSA) is 118 Å². The van der Waals surface area contributed by atoms with Crippen molar-refractivity contribution >= 4 is 84.3 Å². The molecule has 1 aliphatic carbocycles. The van der Waals surface area contributed by atoms with E-state index in [2.05, 4.69) is 31.9 Å². The molecule has 3 amide bonds. The van der Waals surface area contributed by atoms with E-state index in [9.17, 15) is 29.3 Å². The Kier molecular flexibility index (Phi) is 7.84. The number of Topliss-reactive ketones (excluding diaryl/α,β-unsaturated/α-hetero) is 1. The second-order valence-corrected chi connectivity index (χ2v) is 11.6. The Hall–Kier alpha value is -2.34. The number of nitro benzene ring substituents is 1. The van der Waals surface area contributed by atoms with Crippen molar-refractivity contribution in [3.8, 4) is 0 Å². The smallest absolute Gasteiger partial charge is 0.274 e. The van der Waals surface area contributed by atoms with E-state index >= 15 is 0 Å². The van der Waals surface area contributed by atoms with Crippen LogP contribution in [0.5, 0.6) is 0 Å². The molecule has 2 aromatic carbocycles. The summed E-state index contributed by atoms with van der Waals surface area (Å²) in [5.74, 6) is -4.09. The normalized spacial score (nSPS) is 23.4. The number of halogens is 4. The van der Waals surface area contributed by atoms with E-state index in [-0.39, 0.29) is 36.5 Å². The summed E-state index contributed by atoms with van der Waals surface area (Å²) in [6.45, 7) is -0.717. The standard InChI is InChI=1S/C23H17Br2Cl2N3O6/c24-17-8-15-16(9-18(17)25)23(34)29(22(15)33)28(21(32)14-5-4-12(26)7-19(14)27)10-20(31)11-2-1-3-13(6-11)30(35)36/h1-7,15-18H,8-10H2/t15-,16+,17-,18-/m0/s1. The maximum absolute atomic E-state index is 13.6. The first kappa shape index (κ1) is 26.7. The maximum atomic E-state index is 13.6. The van der Waals surface area contributed by atoms with Crippen LogP contribution in [0.1, 0.15) is 33.6 Å². The van der Waals surface area contributed by atoms with Crippen molar-refractivity contribution < 1.29 is 24.1 Å². The van der Waals surface area contributed by atoms with Crippen molar-refractivity contribution in [3.63, 3.8) is 0 Å². The van der Waals surface area contributed by atoms with Crippen molar-refractivity contribution in [2.24, 2.45) is 11.8 Å². The highest BCUT2D eigenvalue weighted by Crippen LogP contribution is 2.44. The van der Waals surface area contributed by atoms with Gasteiger partial charge in [-0.05, 0) is 31.0 Å². The van der Waals surface area contributed by atoms with E-state index in [0.717, 1.165) is 16.1 Å². The van der Waals surface area contributed by atoms with Crippen LogP contribution in [0.4, 0.5) is 5.69 Å². The van der Waals surface area contributed by atoms with Gasteiger partial charge in [0, 0.05) is 32.4 Å². The van der Waals surface area contributed by atoms with E-state index in [1.54, 1.807) is 0 Å². The molecule has 0 spiro atoms. The summed E-state index contributed by atoms with van der Waals surface area (Å²) in [6.07, 6.45) is 0.731. The molecule has 13 heteroatoms. The molecule has 0 aromatic heterocycles. The number of ketones is 1. The highest BCUT2D eigenvalue weighted by molar-refractivity contribution is 9.12. The summed E-state index contributed by atoms with van der Waals surface area (Å²) >= 11 is 19.2. The molecule has 0 N–H and O–H groups in total. The highest BCUT2D eigenvalue weighted by Gasteiger charge is 2.54. The number of nitrogens with zero attached hydrogens (tertiary/aromatic N) is 3. The van der Waals surface area contributed by atoms with Crippen LogP contribution in [0.25, 0.3) is 0 Å². The quantitative estimate of drug-likeness (QED) is 0.140. The first-order chi connectivity index (χ1) is 17.0. The number of carbonyl (C=O) groups excluding carboxylic acids is 4. The lowest BCUT2D eigenvalue weighted by Gasteiger charge is -2.30. The molecule has 0 unspecified atom stereocenters. The number of nitro groups is 1. The molecule has 0 bridgehead atoms. The number of hydrogen-bond donors (Lipinski definition) is 0. The number of carbonyl (C=O) groups is 4. The number of non-ortho nitro benzene ring substituents is 1. The van der Waals surface area contributed by atoms with Gasteiger partial charge < -0.3 is 0 Å². The van der Waals surface area contributed by atoms with E-state index in [0.29, 0.717) is 12.8 Å². The summed E-state index contributed by atoms with van der Waals surface area (Å²) < 4.78 is 0. The SMILES string of the molecule is O=C(CN(C(=O)c1ccc(Cl)cc1Cl)N1C(=O)[C@H]2C[C@H](Br)[C@@H](Br)C[C@H]2C1=O)c1cccc([N+](=O)[O-])c1. The second-order valence-electron chi connectivity index (χ2n) is 8.42. The Morgan fingerprint density at radius 3 is 2.19 bits per heavy atom. The van der Waals surface area contributed by atoms with Crippen molar-refractivity contribution in [2.75, 3.05) is 6.54 Å². The van der Waals surface area contributed by atoms with Crippen molar-refractivity contribution in [3.05, 3.63) is 73.8 Å². The lowest BCUT2D eigenvalue weighted by Crippen LogP contribution is -2.52. The van der Waals surface area contributed by atoms with Crippen LogP contribution in [0.2, 0.25) is 10.0 Å². The molecule has 9 nitrogen and oxygen atoms in total. The third kappa shape index (κ3) is 5.06. The molecule has 36 heavy (non-hydrogen) atoms. The Morgan fingerprint density at radius 2 is 1.64 bits per heavy atom. The molecular weight excluding hydrogens is 645 g/mol. The zero-order valence-electron chi connectivity index (χ0n) is 18.3. The Bertz CT molecular complexity index is 1260. The van der Waals surface area contributed by atoms with Crippen LogP contribution < -0.4 is 0 Å². The number of rotatable bonds is 6. The van der Waals surface area contributed by atoms with Crippen LogP contribution in [-0.4, -0.2) is 54.6 Å². The molecule has 188 valence electrons. The van der Waals surface area contributed by atoms with Gasteiger partial charge in [-0.3, -0.25) is 29.3 Å². The minimum absolute atomic E-state index is 0.0298. The summed E-state index contributed by atoms with van der Waals surface area (Å²) in [4.78, 5) is 63.9. The molecule has 2 aliphatic rings. The fourth-order valence-corrected chi connectivity index (χ4v) is 6.10. The molecule has 2 fully saturated rings. The molecule has 2 aromatic rings. The Labute approximate surface area is 232 Å². The van der Waals surface area contributed by atoms with E-state index in [4.69, 9.17) is 23.2 Å². The first-order valence-corrected chi connectivity index (χ1v) is 13.3. The summed E-state index contributed by atoms with van der Waals surface area (Å²) in [7, 11) is 0. The van der Waals surface area contributed by atoms with Crippen LogP contribution >= 0.6 is 55.1 Å². The number of alkyl halides is 2. The van der Waals surface area contributed by atoms with Gasteiger partial charge >= 0.3 is 0 Å². The predicted octanol–water partition coefficient (Wildman–Crippen LogP) is 5.06. The van der Waals surface area contributed by atoms with E-state index < -0.39 is 46.8 Å². The van der Waals surface area contributed by atoms with Gasteiger partial charge in [0.1, 0.15) is 6.54 Å². The first-order valence-electron chi connectivity index (χ1n) is 10.7. The largest absolute Gasteiger partial charge is 0.292 e. The molecule has 4 rings (SSSR count). The summed E-state index contributed by atoms with van der Waals surface area (Å²) in [5.41, 5.74) is -0.438. The number of amides is 3. The zero-order valence-corrected chi connectivity index (χ0v) is 23.0. The Balaban J connectivity index is 1.73. The van der Waals surface area contributed by atoms with Crippen molar-refractivity contribution in [1.29, 1.82) is 0 Å². The van der Waals surface area contributed by atoms with Crippen molar-refractivity contribution in [2.45, 2.75) is 22.5 Å². The van der Waals surface area contributed by atoms with Gasteiger partial charge in [-0.15, -0.1) is 0 Å². The average Bonchev–Trinajstić information content (AvgIpc) is 3.06. The number of fused-ring (bicyclic) bond motifs is 1. The highest BCUT2D eigenvalue weighted by atomic mass is 79.9. The monoisotopic (exact) mass is 659 g/mol.